The maximum Gasteiger partial charge on any atom is 0.223 e. The molecule has 20 heavy (non-hydrogen) atoms. The van der Waals surface area contributed by atoms with E-state index >= 15 is 0 Å². The molecule has 0 spiro atoms. The van der Waals surface area contributed by atoms with E-state index in [0.717, 1.165) is 5.56 Å². The maximum atomic E-state index is 8.99. The van der Waals surface area contributed by atoms with Gasteiger partial charge in [0.25, 0.3) is 0 Å². The molecule has 2 N–H and O–H groups in total. The first-order chi connectivity index (χ1) is 9.63. The Balaban J connectivity index is 2.38. The van der Waals surface area contributed by atoms with Gasteiger partial charge in [-0.05, 0) is 25.1 Å². The fourth-order valence-corrected chi connectivity index (χ4v) is 1.76. The zero-order valence-corrected chi connectivity index (χ0v) is 11.3. The summed E-state index contributed by atoms with van der Waals surface area (Å²) in [7, 11) is 1.54. The number of hydrogen-bond acceptors (Lipinski definition) is 5. The lowest BCUT2D eigenvalue weighted by Crippen LogP contribution is -2.07. The Morgan fingerprint density at radius 2 is 2.05 bits per heavy atom. The second-order valence-electron chi connectivity index (χ2n) is 4.30. The summed E-state index contributed by atoms with van der Waals surface area (Å²) in [6.07, 6.45) is 1.63. The van der Waals surface area contributed by atoms with E-state index in [2.05, 4.69) is 11.1 Å². The Morgan fingerprint density at radius 1 is 1.30 bits per heavy atom. The SMILES string of the molecule is COc1cc(C#N)cc(Oc2ncccc2[C@H](C)N)c1. The zero-order chi connectivity index (χ0) is 14.5. The number of pyridine rings is 1. The molecular weight excluding hydrogens is 254 g/mol. The normalized spacial score (nSPS) is 11.5. The minimum absolute atomic E-state index is 0.195. The number of hydrogen-bond donors (Lipinski definition) is 1. The average molecular weight is 269 g/mol. The number of benzene rings is 1. The summed E-state index contributed by atoms with van der Waals surface area (Å²) in [6.45, 7) is 1.86. The molecule has 2 aromatic rings. The van der Waals surface area contributed by atoms with Gasteiger partial charge in [-0.2, -0.15) is 5.26 Å². The van der Waals surface area contributed by atoms with E-state index in [-0.39, 0.29) is 6.04 Å². The van der Waals surface area contributed by atoms with Crippen molar-refractivity contribution in [2.75, 3.05) is 7.11 Å². The van der Waals surface area contributed by atoms with Gasteiger partial charge in [-0.15, -0.1) is 0 Å². The summed E-state index contributed by atoms with van der Waals surface area (Å²) in [5, 5.41) is 8.99. The van der Waals surface area contributed by atoms with E-state index < -0.39 is 0 Å². The highest BCUT2D eigenvalue weighted by atomic mass is 16.5. The molecular formula is C15H15N3O2. The molecule has 0 aliphatic rings. The number of methoxy groups -OCH3 is 1. The fourth-order valence-electron chi connectivity index (χ4n) is 1.76. The minimum Gasteiger partial charge on any atom is -0.497 e. The average Bonchev–Trinajstić information content (AvgIpc) is 2.47. The van der Waals surface area contributed by atoms with E-state index in [0.29, 0.717) is 22.9 Å². The molecule has 0 unspecified atom stereocenters. The first kappa shape index (κ1) is 13.8. The van der Waals surface area contributed by atoms with Crippen molar-refractivity contribution in [3.8, 4) is 23.4 Å². The lowest BCUT2D eigenvalue weighted by atomic mass is 10.1. The van der Waals surface area contributed by atoms with Crippen LogP contribution in [0.25, 0.3) is 0 Å². The molecule has 0 bridgehead atoms. The summed E-state index contributed by atoms with van der Waals surface area (Å²) in [5.74, 6) is 1.47. The minimum atomic E-state index is -0.195. The highest BCUT2D eigenvalue weighted by Gasteiger charge is 2.11. The number of aromatic nitrogens is 1. The van der Waals surface area contributed by atoms with Gasteiger partial charge in [0.05, 0.1) is 18.7 Å². The van der Waals surface area contributed by atoms with Gasteiger partial charge in [0.1, 0.15) is 11.5 Å². The molecule has 2 rings (SSSR count). The van der Waals surface area contributed by atoms with Crippen molar-refractivity contribution in [3.63, 3.8) is 0 Å². The topological polar surface area (TPSA) is 81.2 Å². The molecule has 1 atom stereocenters. The molecule has 5 heteroatoms. The van der Waals surface area contributed by atoms with Crippen molar-refractivity contribution in [3.05, 3.63) is 47.7 Å². The predicted molar refractivity (Wildman–Crippen MR) is 74.6 cm³/mol. The summed E-state index contributed by atoms with van der Waals surface area (Å²) < 4.78 is 10.9. The van der Waals surface area contributed by atoms with Gasteiger partial charge in [-0.25, -0.2) is 4.98 Å². The molecule has 5 nitrogen and oxygen atoms in total. The number of rotatable bonds is 4. The zero-order valence-electron chi connectivity index (χ0n) is 11.3. The van der Waals surface area contributed by atoms with Gasteiger partial charge in [-0.1, -0.05) is 6.07 Å². The van der Waals surface area contributed by atoms with E-state index in [1.165, 1.54) is 7.11 Å². The van der Waals surface area contributed by atoms with Crippen LogP contribution in [0.3, 0.4) is 0 Å². The quantitative estimate of drug-likeness (QED) is 0.923. The lowest BCUT2D eigenvalue weighted by molar-refractivity contribution is 0.406. The molecule has 0 radical (unpaired) electrons. The molecule has 0 saturated heterocycles. The van der Waals surface area contributed by atoms with Crippen LogP contribution in [0.15, 0.2) is 36.5 Å². The molecule has 0 amide bonds. The predicted octanol–water partition coefficient (Wildman–Crippen LogP) is 2.77. The van der Waals surface area contributed by atoms with Crippen molar-refractivity contribution < 1.29 is 9.47 Å². The van der Waals surface area contributed by atoms with E-state index in [9.17, 15) is 0 Å². The third-order valence-electron chi connectivity index (χ3n) is 2.75. The Hall–Kier alpha value is -2.58. The second-order valence-corrected chi connectivity index (χ2v) is 4.30. The van der Waals surface area contributed by atoms with Crippen molar-refractivity contribution in [1.82, 2.24) is 4.98 Å². The molecule has 1 aromatic heterocycles. The third-order valence-corrected chi connectivity index (χ3v) is 2.75. The lowest BCUT2D eigenvalue weighted by Gasteiger charge is -2.13. The smallest absolute Gasteiger partial charge is 0.223 e. The van der Waals surface area contributed by atoms with Crippen LogP contribution in [-0.2, 0) is 0 Å². The van der Waals surface area contributed by atoms with Crippen molar-refractivity contribution in [2.24, 2.45) is 5.73 Å². The van der Waals surface area contributed by atoms with E-state index in [1.54, 1.807) is 30.5 Å². The van der Waals surface area contributed by atoms with Crippen molar-refractivity contribution >= 4 is 0 Å². The Bertz CT molecular complexity index is 648. The summed E-state index contributed by atoms with van der Waals surface area (Å²) in [5.41, 5.74) is 7.14. The largest absolute Gasteiger partial charge is 0.497 e. The number of nitrogens with zero attached hydrogens (tertiary/aromatic N) is 2. The van der Waals surface area contributed by atoms with Gasteiger partial charge in [0.2, 0.25) is 5.88 Å². The molecule has 1 heterocycles. The first-order valence-electron chi connectivity index (χ1n) is 6.11. The Morgan fingerprint density at radius 3 is 2.70 bits per heavy atom. The highest BCUT2D eigenvalue weighted by molar-refractivity contribution is 5.45. The van der Waals surface area contributed by atoms with Crippen molar-refractivity contribution in [2.45, 2.75) is 13.0 Å². The molecule has 0 saturated carbocycles. The number of nitriles is 1. The van der Waals surface area contributed by atoms with Crippen LogP contribution in [0.1, 0.15) is 24.1 Å². The van der Waals surface area contributed by atoms with Crippen LogP contribution in [0.4, 0.5) is 0 Å². The van der Waals surface area contributed by atoms with Crippen LogP contribution < -0.4 is 15.2 Å². The monoisotopic (exact) mass is 269 g/mol. The molecule has 102 valence electrons. The van der Waals surface area contributed by atoms with Gasteiger partial charge >= 0.3 is 0 Å². The van der Waals surface area contributed by atoms with E-state index in [1.807, 2.05) is 13.0 Å². The van der Waals surface area contributed by atoms with Crippen LogP contribution >= 0.6 is 0 Å². The first-order valence-corrected chi connectivity index (χ1v) is 6.11. The van der Waals surface area contributed by atoms with E-state index in [4.69, 9.17) is 20.5 Å². The molecule has 0 aliphatic carbocycles. The van der Waals surface area contributed by atoms with Crippen molar-refractivity contribution in [1.29, 1.82) is 5.26 Å². The van der Waals surface area contributed by atoms with Gasteiger partial charge in [-0.3, -0.25) is 0 Å². The van der Waals surface area contributed by atoms with Gasteiger partial charge in [0.15, 0.2) is 0 Å². The fraction of sp³-hybridized carbons (Fsp3) is 0.200. The van der Waals surface area contributed by atoms with Crippen LogP contribution in [0.5, 0.6) is 17.4 Å². The van der Waals surface area contributed by atoms with Gasteiger partial charge in [0, 0.05) is 23.9 Å². The highest BCUT2D eigenvalue weighted by Crippen LogP contribution is 2.29. The van der Waals surface area contributed by atoms with Crippen LogP contribution in [-0.4, -0.2) is 12.1 Å². The second kappa shape index (κ2) is 6.04. The molecule has 0 fully saturated rings. The standard InChI is InChI=1S/C15H15N3O2/c1-10(17)14-4-3-5-18-15(14)20-13-7-11(9-16)6-12(8-13)19-2/h3-8,10H,17H2,1-2H3/t10-/m0/s1. The number of ether oxygens (including phenoxy) is 2. The Kier molecular flexibility index (Phi) is 4.18. The van der Waals surface area contributed by atoms with Crippen LogP contribution in [0.2, 0.25) is 0 Å². The summed E-state index contributed by atoms with van der Waals surface area (Å²) in [6, 6.07) is 10.5. The summed E-state index contributed by atoms with van der Waals surface area (Å²) in [4.78, 5) is 4.18. The molecule has 1 aromatic carbocycles. The maximum absolute atomic E-state index is 8.99. The number of nitrogens with two attached hydrogens (primary N) is 1. The van der Waals surface area contributed by atoms with Gasteiger partial charge < -0.3 is 15.2 Å². The molecule has 0 aliphatic heterocycles. The summed E-state index contributed by atoms with van der Waals surface area (Å²) >= 11 is 0. The third kappa shape index (κ3) is 3.05. The Labute approximate surface area is 117 Å². The van der Waals surface area contributed by atoms with Crippen LogP contribution in [0, 0.1) is 11.3 Å².